The van der Waals surface area contributed by atoms with E-state index in [1.54, 1.807) is 13.2 Å². The van der Waals surface area contributed by atoms with Crippen LogP contribution in [0, 0.1) is 11.3 Å². The summed E-state index contributed by atoms with van der Waals surface area (Å²) in [6.07, 6.45) is 7.12. The van der Waals surface area contributed by atoms with Gasteiger partial charge >= 0.3 is 0 Å². The van der Waals surface area contributed by atoms with Gasteiger partial charge in [0.15, 0.2) is 11.5 Å². The second-order valence-corrected chi connectivity index (χ2v) is 10.2. The number of hydrogen-bond acceptors (Lipinski definition) is 5. The number of piperidine rings is 1. The van der Waals surface area contributed by atoms with Crippen molar-refractivity contribution in [3.05, 3.63) is 35.4 Å². The number of ether oxygens (including phenoxy) is 2. The van der Waals surface area contributed by atoms with Crippen molar-refractivity contribution in [1.82, 2.24) is 4.90 Å². The summed E-state index contributed by atoms with van der Waals surface area (Å²) in [5.41, 5.74) is 0.565. The number of likely N-dealkylation sites (tertiary alicyclic amines) is 1. The monoisotopic (exact) mass is 383 g/mol. The third-order valence-corrected chi connectivity index (χ3v) is 8.93. The summed E-state index contributed by atoms with van der Waals surface area (Å²) in [5, 5.41) is 21.9. The first-order valence-corrected chi connectivity index (χ1v) is 10.4. The van der Waals surface area contributed by atoms with E-state index < -0.39 is 11.2 Å². The second kappa shape index (κ2) is 4.77. The zero-order chi connectivity index (χ0) is 19.7. The van der Waals surface area contributed by atoms with Crippen LogP contribution in [-0.2, 0) is 16.6 Å². The van der Waals surface area contributed by atoms with Crippen molar-refractivity contribution in [2.24, 2.45) is 11.3 Å². The molecule has 0 radical (unpaired) electrons. The average Bonchev–Trinajstić information content (AvgIpc) is 3.03. The number of aromatic hydroxyl groups is 1. The van der Waals surface area contributed by atoms with Gasteiger partial charge in [-0.25, -0.2) is 0 Å². The Kier molecular flexibility index (Phi) is 2.95. The molecule has 150 valence electrons. The Labute approximate surface area is 165 Å². The molecule has 7 rings (SSSR count). The lowest BCUT2D eigenvalue weighted by Gasteiger charge is -2.72. The van der Waals surface area contributed by atoms with E-state index in [2.05, 4.69) is 30.2 Å². The van der Waals surface area contributed by atoms with Crippen LogP contribution in [0.1, 0.15) is 37.8 Å². The predicted octanol–water partition coefficient (Wildman–Crippen LogP) is 2.38. The molecule has 4 bridgehead atoms. The van der Waals surface area contributed by atoms with Crippen LogP contribution in [0.15, 0.2) is 24.3 Å². The number of fused-ring (bicyclic) bond motifs is 1. The van der Waals surface area contributed by atoms with Crippen LogP contribution in [0.4, 0.5) is 0 Å². The second-order valence-electron chi connectivity index (χ2n) is 10.2. The summed E-state index contributed by atoms with van der Waals surface area (Å²) in [5.74, 6) is 0.789. The van der Waals surface area contributed by atoms with Gasteiger partial charge in [0.05, 0.1) is 11.0 Å². The largest absolute Gasteiger partial charge is 0.504 e. The molecule has 6 aliphatic rings. The highest BCUT2D eigenvalue weighted by molar-refractivity contribution is 5.65. The molecule has 2 heterocycles. The molecule has 1 aromatic rings. The number of methoxy groups -OCH3 is 1. The molecule has 0 amide bonds. The SMILES string of the molecule is CO[C@]12C=C[C@]3(C[C@H]1C(C)(C)O)[C@H]1Cc4ccc(O)c5c4[C@@]3(CCN1C)[C@@H]2O5. The molecule has 4 aliphatic carbocycles. The number of aliphatic hydroxyl groups is 1. The molecule has 5 heteroatoms. The molecule has 2 spiro atoms. The first-order chi connectivity index (χ1) is 13.2. The summed E-state index contributed by atoms with van der Waals surface area (Å²) in [6.45, 7) is 4.79. The number of benzene rings is 1. The number of phenolic OH excluding ortho intramolecular Hbond substituents is 1. The van der Waals surface area contributed by atoms with Crippen LogP contribution in [0.25, 0.3) is 0 Å². The summed E-state index contributed by atoms with van der Waals surface area (Å²) in [7, 11) is 3.96. The van der Waals surface area contributed by atoms with Crippen LogP contribution < -0.4 is 4.74 Å². The van der Waals surface area contributed by atoms with Crippen LogP contribution >= 0.6 is 0 Å². The fourth-order valence-electron chi connectivity index (χ4n) is 7.86. The van der Waals surface area contributed by atoms with E-state index in [9.17, 15) is 10.2 Å². The molecule has 5 nitrogen and oxygen atoms in total. The van der Waals surface area contributed by atoms with Crippen LogP contribution in [-0.4, -0.2) is 59.2 Å². The maximum Gasteiger partial charge on any atom is 0.165 e. The molecule has 1 saturated heterocycles. The Morgan fingerprint density at radius 1 is 1.29 bits per heavy atom. The third-order valence-electron chi connectivity index (χ3n) is 8.93. The fraction of sp³-hybridized carbons (Fsp3) is 0.652. The van der Waals surface area contributed by atoms with E-state index in [0.717, 1.165) is 25.8 Å². The van der Waals surface area contributed by atoms with Crippen LogP contribution in [0.5, 0.6) is 11.5 Å². The van der Waals surface area contributed by atoms with Crippen LogP contribution in [0.3, 0.4) is 0 Å². The van der Waals surface area contributed by atoms with Gasteiger partial charge in [0.1, 0.15) is 11.7 Å². The Hall–Kier alpha value is -1.56. The number of likely N-dealkylation sites (N-methyl/N-ethyl adjacent to an activating group) is 1. The Balaban J connectivity index is 1.71. The minimum Gasteiger partial charge on any atom is -0.504 e. The Morgan fingerprint density at radius 3 is 2.79 bits per heavy atom. The molecule has 2 fully saturated rings. The minimum atomic E-state index is -0.900. The lowest BCUT2D eigenvalue weighted by Crippen LogP contribution is -2.80. The highest BCUT2D eigenvalue weighted by Crippen LogP contribution is 2.75. The van der Waals surface area contributed by atoms with Gasteiger partial charge in [0.25, 0.3) is 0 Å². The predicted molar refractivity (Wildman–Crippen MR) is 105 cm³/mol. The molecular formula is C23H29NO4. The molecule has 1 saturated carbocycles. The highest BCUT2D eigenvalue weighted by atomic mass is 16.6. The van der Waals surface area contributed by atoms with E-state index in [1.165, 1.54) is 11.1 Å². The van der Waals surface area contributed by atoms with Crippen molar-refractivity contribution in [3.8, 4) is 11.5 Å². The van der Waals surface area contributed by atoms with Gasteiger partial charge in [0.2, 0.25) is 0 Å². The van der Waals surface area contributed by atoms with Gasteiger partial charge in [-0.05, 0) is 58.3 Å². The maximum atomic E-state index is 11.2. The maximum absolute atomic E-state index is 11.2. The molecule has 28 heavy (non-hydrogen) atoms. The topological polar surface area (TPSA) is 62.2 Å². The Morgan fingerprint density at radius 2 is 2.07 bits per heavy atom. The van der Waals surface area contributed by atoms with E-state index in [4.69, 9.17) is 9.47 Å². The molecule has 0 unspecified atom stereocenters. The van der Waals surface area contributed by atoms with Gasteiger partial charge in [-0.1, -0.05) is 18.2 Å². The number of phenols is 1. The normalized spacial score (nSPS) is 45.1. The van der Waals surface area contributed by atoms with E-state index in [0.29, 0.717) is 11.8 Å². The van der Waals surface area contributed by atoms with E-state index >= 15 is 0 Å². The van der Waals surface area contributed by atoms with Gasteiger partial charge in [-0.3, -0.25) is 0 Å². The van der Waals surface area contributed by atoms with Crippen molar-refractivity contribution in [1.29, 1.82) is 0 Å². The Bertz CT molecular complexity index is 920. The third kappa shape index (κ3) is 1.54. The van der Waals surface area contributed by atoms with Crippen molar-refractivity contribution >= 4 is 0 Å². The molecule has 2 aliphatic heterocycles. The van der Waals surface area contributed by atoms with Crippen molar-refractivity contribution in [3.63, 3.8) is 0 Å². The standard InChI is InChI=1S/C23H29NO4/c1-20(2,26)15-12-21-7-8-23(15,27-4)19-22(21)9-10-24(3)16(21)11-13-5-6-14(25)18(28-19)17(13)22/h5-8,15-16,19,25-26H,9-12H2,1-4H3/t15-,16+,19-,21-,22-,23+/m0/s1. The van der Waals surface area contributed by atoms with E-state index in [1.807, 2.05) is 13.8 Å². The lowest BCUT2D eigenvalue weighted by atomic mass is 9.36. The lowest BCUT2D eigenvalue weighted by molar-refractivity contribution is -0.243. The first-order valence-electron chi connectivity index (χ1n) is 10.4. The summed E-state index contributed by atoms with van der Waals surface area (Å²) >= 11 is 0. The molecule has 0 aromatic heterocycles. The van der Waals surface area contributed by atoms with Crippen molar-refractivity contribution in [2.45, 2.75) is 61.9 Å². The van der Waals surface area contributed by atoms with Crippen LogP contribution in [0.2, 0.25) is 0 Å². The van der Waals surface area contributed by atoms with Gasteiger partial charge in [0, 0.05) is 30.0 Å². The van der Waals surface area contributed by atoms with E-state index in [-0.39, 0.29) is 28.6 Å². The quantitative estimate of drug-likeness (QED) is 0.768. The van der Waals surface area contributed by atoms with Gasteiger partial charge in [-0.15, -0.1) is 0 Å². The highest BCUT2D eigenvalue weighted by Gasteiger charge is 2.80. The van der Waals surface area contributed by atoms with Gasteiger partial charge < -0.3 is 24.6 Å². The zero-order valence-corrected chi connectivity index (χ0v) is 17.0. The first kappa shape index (κ1) is 17.3. The molecule has 2 N–H and O–H groups in total. The molecular weight excluding hydrogens is 354 g/mol. The van der Waals surface area contributed by atoms with Crippen molar-refractivity contribution in [2.75, 3.05) is 20.7 Å². The smallest absolute Gasteiger partial charge is 0.165 e. The average molecular weight is 383 g/mol. The number of nitrogens with zero attached hydrogens (tertiary/aromatic N) is 1. The fourth-order valence-corrected chi connectivity index (χ4v) is 7.86. The number of hydrogen-bond donors (Lipinski definition) is 2. The summed E-state index contributed by atoms with van der Waals surface area (Å²) in [6, 6.07) is 4.21. The van der Waals surface area contributed by atoms with Crippen molar-refractivity contribution < 1.29 is 19.7 Å². The number of rotatable bonds is 2. The summed E-state index contributed by atoms with van der Waals surface area (Å²) in [4.78, 5) is 2.49. The molecule has 1 aromatic carbocycles. The zero-order valence-electron chi connectivity index (χ0n) is 17.0. The van der Waals surface area contributed by atoms with Gasteiger partial charge in [-0.2, -0.15) is 0 Å². The molecule has 6 atom stereocenters. The minimum absolute atomic E-state index is 0.0832. The summed E-state index contributed by atoms with van der Waals surface area (Å²) < 4.78 is 12.9.